The van der Waals surface area contributed by atoms with Crippen molar-refractivity contribution in [1.82, 2.24) is 4.72 Å². The normalized spacial score (nSPS) is 13.2. The molecule has 0 aliphatic carbocycles. The van der Waals surface area contributed by atoms with Gasteiger partial charge in [0.05, 0.1) is 17.6 Å². The Hall–Kier alpha value is -2.59. The first kappa shape index (κ1) is 22.7. The number of halogens is 3. The number of hydrogen-bond donors (Lipinski definition) is 2. The Bertz CT molecular complexity index is 958. The van der Waals surface area contributed by atoms with Crippen molar-refractivity contribution in [1.29, 1.82) is 0 Å². The van der Waals surface area contributed by atoms with Gasteiger partial charge in [0, 0.05) is 5.69 Å². The fraction of sp³-hybridized carbons (Fsp3) is 0.316. The summed E-state index contributed by atoms with van der Waals surface area (Å²) >= 11 is 0. The van der Waals surface area contributed by atoms with Crippen LogP contribution in [-0.4, -0.2) is 27.5 Å². The molecule has 29 heavy (non-hydrogen) atoms. The summed E-state index contributed by atoms with van der Waals surface area (Å²) in [4.78, 5) is 12.5. The lowest BCUT2D eigenvalue weighted by molar-refractivity contribution is -0.137. The van der Waals surface area contributed by atoms with Gasteiger partial charge >= 0.3 is 6.18 Å². The van der Waals surface area contributed by atoms with Gasteiger partial charge in [0.25, 0.3) is 0 Å². The van der Waals surface area contributed by atoms with E-state index in [2.05, 4.69) is 10.0 Å². The molecule has 1 atom stereocenters. The van der Waals surface area contributed by atoms with Crippen molar-refractivity contribution in [3.8, 4) is 5.75 Å². The Morgan fingerprint density at radius 3 is 2.21 bits per heavy atom. The number of ether oxygens (including phenoxy) is 1. The highest BCUT2D eigenvalue weighted by Crippen LogP contribution is 2.30. The summed E-state index contributed by atoms with van der Waals surface area (Å²) in [5.41, 5.74) is -1.01. The van der Waals surface area contributed by atoms with E-state index in [0.717, 1.165) is 18.2 Å². The molecule has 0 radical (unpaired) electrons. The summed E-state index contributed by atoms with van der Waals surface area (Å²) in [6.45, 7) is 3.24. The van der Waals surface area contributed by atoms with Crippen molar-refractivity contribution in [2.75, 3.05) is 12.4 Å². The highest BCUT2D eigenvalue weighted by atomic mass is 32.2. The fourth-order valence-electron chi connectivity index (χ4n) is 2.48. The van der Waals surface area contributed by atoms with E-state index in [1.807, 2.05) is 0 Å². The Morgan fingerprint density at radius 1 is 1.07 bits per heavy atom. The smallest absolute Gasteiger partial charge is 0.416 e. The molecule has 10 heteroatoms. The zero-order valence-electron chi connectivity index (χ0n) is 15.9. The Balaban J connectivity index is 2.21. The molecule has 0 fully saturated rings. The van der Waals surface area contributed by atoms with E-state index >= 15 is 0 Å². The number of methoxy groups -OCH3 is 1. The quantitative estimate of drug-likeness (QED) is 0.702. The van der Waals surface area contributed by atoms with E-state index in [4.69, 9.17) is 4.74 Å². The highest BCUT2D eigenvalue weighted by molar-refractivity contribution is 7.89. The molecule has 2 N–H and O–H groups in total. The molecular weight excluding hydrogens is 409 g/mol. The van der Waals surface area contributed by atoms with Crippen LogP contribution in [0.15, 0.2) is 53.4 Å². The fourth-order valence-corrected chi connectivity index (χ4v) is 3.82. The van der Waals surface area contributed by atoms with E-state index in [0.29, 0.717) is 5.75 Å². The number of rotatable bonds is 7. The van der Waals surface area contributed by atoms with Crippen molar-refractivity contribution in [2.24, 2.45) is 5.92 Å². The molecule has 6 nitrogen and oxygen atoms in total. The summed E-state index contributed by atoms with van der Waals surface area (Å²) < 4.78 is 71.0. The Labute approximate surface area is 167 Å². The molecule has 0 spiro atoms. The number of alkyl halides is 3. The zero-order chi connectivity index (χ0) is 21.8. The minimum absolute atomic E-state index is 0.0733. The van der Waals surface area contributed by atoms with E-state index in [1.54, 1.807) is 13.8 Å². The number of anilines is 1. The minimum Gasteiger partial charge on any atom is -0.497 e. The summed E-state index contributed by atoms with van der Waals surface area (Å²) in [6, 6.07) is 8.48. The van der Waals surface area contributed by atoms with Gasteiger partial charge in [0.15, 0.2) is 0 Å². The topological polar surface area (TPSA) is 84.5 Å². The number of benzene rings is 2. The van der Waals surface area contributed by atoms with Crippen LogP contribution in [0.3, 0.4) is 0 Å². The first-order valence-corrected chi connectivity index (χ1v) is 10.1. The van der Waals surface area contributed by atoms with Crippen LogP contribution in [0, 0.1) is 5.92 Å². The molecule has 0 bridgehead atoms. The molecule has 2 aromatic carbocycles. The van der Waals surface area contributed by atoms with Crippen molar-refractivity contribution < 1.29 is 31.1 Å². The first-order chi connectivity index (χ1) is 13.4. The summed E-state index contributed by atoms with van der Waals surface area (Å²) in [5, 5.41) is 2.34. The van der Waals surface area contributed by atoms with E-state index in [-0.39, 0.29) is 10.6 Å². The van der Waals surface area contributed by atoms with E-state index in [1.165, 1.54) is 37.4 Å². The van der Waals surface area contributed by atoms with Crippen LogP contribution in [0.2, 0.25) is 0 Å². The van der Waals surface area contributed by atoms with Crippen LogP contribution < -0.4 is 14.8 Å². The van der Waals surface area contributed by atoms with Crippen molar-refractivity contribution in [3.63, 3.8) is 0 Å². The number of amides is 1. The first-order valence-electron chi connectivity index (χ1n) is 8.58. The molecule has 2 aromatic rings. The molecule has 0 heterocycles. The third-order valence-corrected chi connectivity index (χ3v) is 5.52. The van der Waals surface area contributed by atoms with E-state index < -0.39 is 39.6 Å². The summed E-state index contributed by atoms with van der Waals surface area (Å²) in [5.74, 6) is -0.767. The molecule has 0 aliphatic rings. The van der Waals surface area contributed by atoms with Gasteiger partial charge in [-0.3, -0.25) is 4.79 Å². The van der Waals surface area contributed by atoms with Crippen molar-refractivity contribution >= 4 is 21.6 Å². The third-order valence-electron chi connectivity index (χ3n) is 4.06. The largest absolute Gasteiger partial charge is 0.497 e. The van der Waals surface area contributed by atoms with Crippen molar-refractivity contribution in [2.45, 2.75) is 31.0 Å². The standard InChI is InChI=1S/C19H21F3N2O4S/c1-12(2)17(24-29(26,27)16-9-7-15(28-3)8-10-16)18(25)23-14-6-4-5-13(11-14)19(20,21)22/h4-12,17,24H,1-3H3,(H,23,25). The zero-order valence-corrected chi connectivity index (χ0v) is 16.8. The molecule has 0 saturated carbocycles. The van der Waals surface area contributed by atoms with Crippen LogP contribution in [0.1, 0.15) is 19.4 Å². The van der Waals surface area contributed by atoms with Gasteiger partial charge in [0.2, 0.25) is 15.9 Å². The maximum Gasteiger partial charge on any atom is 0.416 e. The number of hydrogen-bond acceptors (Lipinski definition) is 4. The van der Waals surface area contributed by atoms with Gasteiger partial charge in [-0.15, -0.1) is 0 Å². The maximum atomic E-state index is 12.8. The van der Waals surface area contributed by atoms with Gasteiger partial charge < -0.3 is 10.1 Å². The van der Waals surface area contributed by atoms with Gasteiger partial charge in [-0.05, 0) is 48.4 Å². The predicted octanol–water partition coefficient (Wildman–Crippen LogP) is 3.66. The second-order valence-corrected chi connectivity index (χ2v) is 8.30. The molecule has 0 aliphatic heterocycles. The van der Waals surface area contributed by atoms with Gasteiger partial charge in [-0.25, -0.2) is 8.42 Å². The number of carbonyl (C=O) groups is 1. The Morgan fingerprint density at radius 2 is 1.69 bits per heavy atom. The molecule has 2 rings (SSSR count). The van der Waals surface area contributed by atoms with Crippen LogP contribution in [0.25, 0.3) is 0 Å². The Kier molecular flexibility index (Phi) is 6.91. The van der Waals surface area contributed by atoms with E-state index in [9.17, 15) is 26.4 Å². The van der Waals surface area contributed by atoms with Crippen LogP contribution in [0.5, 0.6) is 5.75 Å². The average molecular weight is 430 g/mol. The second-order valence-electron chi connectivity index (χ2n) is 6.59. The summed E-state index contributed by atoms with van der Waals surface area (Å²) in [7, 11) is -2.61. The van der Waals surface area contributed by atoms with Crippen LogP contribution >= 0.6 is 0 Å². The third kappa shape index (κ3) is 5.94. The SMILES string of the molecule is COc1ccc(S(=O)(=O)NC(C(=O)Nc2cccc(C(F)(F)F)c2)C(C)C)cc1. The monoisotopic (exact) mass is 430 g/mol. The molecule has 1 unspecified atom stereocenters. The van der Waals surface area contributed by atoms with Crippen LogP contribution in [0.4, 0.5) is 18.9 Å². The number of sulfonamides is 1. The highest BCUT2D eigenvalue weighted by Gasteiger charge is 2.32. The maximum absolute atomic E-state index is 12.8. The van der Waals surface area contributed by atoms with Gasteiger partial charge in [-0.1, -0.05) is 19.9 Å². The van der Waals surface area contributed by atoms with Gasteiger partial charge in [-0.2, -0.15) is 17.9 Å². The predicted molar refractivity (Wildman–Crippen MR) is 102 cm³/mol. The lowest BCUT2D eigenvalue weighted by Gasteiger charge is -2.22. The lowest BCUT2D eigenvalue weighted by Crippen LogP contribution is -2.47. The molecule has 158 valence electrons. The number of nitrogens with one attached hydrogen (secondary N) is 2. The minimum atomic E-state index is -4.56. The second kappa shape index (κ2) is 8.83. The van der Waals surface area contributed by atoms with Crippen molar-refractivity contribution in [3.05, 3.63) is 54.1 Å². The molecule has 1 amide bonds. The lowest BCUT2D eigenvalue weighted by atomic mass is 10.0. The molecular formula is C19H21F3N2O4S. The van der Waals surface area contributed by atoms with Crippen LogP contribution in [-0.2, 0) is 21.0 Å². The average Bonchev–Trinajstić information content (AvgIpc) is 2.65. The summed E-state index contributed by atoms with van der Waals surface area (Å²) in [6.07, 6.45) is -4.56. The van der Waals surface area contributed by atoms with Gasteiger partial charge in [0.1, 0.15) is 11.8 Å². The number of carbonyl (C=O) groups excluding carboxylic acids is 1. The molecule has 0 aromatic heterocycles. The molecule has 0 saturated heterocycles.